The first-order valence-corrected chi connectivity index (χ1v) is 9.70. The molecule has 0 atom stereocenters. The molecule has 0 saturated heterocycles. The van der Waals surface area contributed by atoms with Crippen LogP contribution >= 0.6 is 0 Å². The maximum Gasteiger partial charge on any atom is 0.265 e. The standard InChI is InChI=1S/C23H26N2O3/c1-3-4-5-14-25-20-15-19(11-12-21(20)28-16-23(25)27)24-22(26)13-10-18-8-6-17(2)7-9-18/h6-13,15H,3-5,14,16H2,1-2H3,(H,24,26)/b13-10+. The minimum atomic E-state index is -0.221. The zero-order valence-electron chi connectivity index (χ0n) is 16.4. The lowest BCUT2D eigenvalue weighted by Gasteiger charge is -2.29. The largest absolute Gasteiger partial charge is 0.482 e. The van der Waals surface area contributed by atoms with E-state index in [1.54, 1.807) is 29.2 Å². The highest BCUT2D eigenvalue weighted by Gasteiger charge is 2.25. The SMILES string of the molecule is CCCCCN1C(=O)COc2ccc(NC(=O)/C=C/c3ccc(C)cc3)cc21. The Morgan fingerprint density at radius 3 is 2.71 bits per heavy atom. The van der Waals surface area contributed by atoms with Gasteiger partial charge in [-0.05, 0) is 43.2 Å². The fourth-order valence-corrected chi connectivity index (χ4v) is 3.08. The monoisotopic (exact) mass is 378 g/mol. The number of nitrogens with zero attached hydrogens (tertiary/aromatic N) is 1. The molecular weight excluding hydrogens is 352 g/mol. The van der Waals surface area contributed by atoms with E-state index in [-0.39, 0.29) is 18.4 Å². The number of hydrogen-bond acceptors (Lipinski definition) is 3. The van der Waals surface area contributed by atoms with Crippen LogP contribution in [-0.4, -0.2) is 25.0 Å². The van der Waals surface area contributed by atoms with Gasteiger partial charge in [0.2, 0.25) is 5.91 Å². The Labute approximate surface area is 166 Å². The van der Waals surface area contributed by atoms with Crippen LogP contribution in [0.3, 0.4) is 0 Å². The lowest BCUT2D eigenvalue weighted by molar-refractivity contribution is -0.121. The van der Waals surface area contributed by atoms with E-state index in [1.165, 1.54) is 11.6 Å². The summed E-state index contributed by atoms with van der Waals surface area (Å²) >= 11 is 0. The van der Waals surface area contributed by atoms with Gasteiger partial charge in [0.25, 0.3) is 5.91 Å². The summed E-state index contributed by atoms with van der Waals surface area (Å²) in [6, 6.07) is 13.3. The van der Waals surface area contributed by atoms with Gasteiger partial charge in [0.15, 0.2) is 6.61 Å². The Kier molecular flexibility index (Phi) is 6.48. The highest BCUT2D eigenvalue weighted by molar-refractivity contribution is 6.03. The molecule has 28 heavy (non-hydrogen) atoms. The first kappa shape index (κ1) is 19.7. The second kappa shape index (κ2) is 9.22. The molecule has 2 amide bonds. The number of benzene rings is 2. The van der Waals surface area contributed by atoms with E-state index in [1.807, 2.05) is 31.2 Å². The molecule has 1 aliphatic heterocycles. The van der Waals surface area contributed by atoms with Crippen molar-refractivity contribution in [1.82, 2.24) is 0 Å². The molecule has 1 heterocycles. The number of nitrogens with one attached hydrogen (secondary N) is 1. The Hall–Kier alpha value is -3.08. The Morgan fingerprint density at radius 2 is 1.96 bits per heavy atom. The van der Waals surface area contributed by atoms with Crippen LogP contribution in [0, 0.1) is 6.92 Å². The van der Waals surface area contributed by atoms with E-state index in [9.17, 15) is 9.59 Å². The van der Waals surface area contributed by atoms with E-state index in [4.69, 9.17) is 4.74 Å². The summed E-state index contributed by atoms with van der Waals surface area (Å²) in [7, 11) is 0. The molecule has 0 spiro atoms. The summed E-state index contributed by atoms with van der Waals surface area (Å²) in [6.07, 6.45) is 6.38. The van der Waals surface area contributed by atoms with Crippen molar-refractivity contribution >= 4 is 29.3 Å². The van der Waals surface area contributed by atoms with E-state index < -0.39 is 0 Å². The van der Waals surface area contributed by atoms with E-state index in [2.05, 4.69) is 12.2 Å². The van der Waals surface area contributed by atoms with Crippen LogP contribution in [0.1, 0.15) is 37.3 Å². The van der Waals surface area contributed by atoms with Gasteiger partial charge in [-0.15, -0.1) is 0 Å². The van der Waals surface area contributed by atoms with Crippen molar-refractivity contribution in [3.8, 4) is 5.75 Å². The topological polar surface area (TPSA) is 58.6 Å². The van der Waals surface area contributed by atoms with E-state index >= 15 is 0 Å². The van der Waals surface area contributed by atoms with Crippen LogP contribution < -0.4 is 15.0 Å². The average molecular weight is 378 g/mol. The summed E-state index contributed by atoms with van der Waals surface area (Å²) in [5.41, 5.74) is 3.49. The van der Waals surface area contributed by atoms with Gasteiger partial charge in [-0.2, -0.15) is 0 Å². The van der Waals surface area contributed by atoms with Gasteiger partial charge in [-0.25, -0.2) is 0 Å². The van der Waals surface area contributed by atoms with Crippen LogP contribution in [0.4, 0.5) is 11.4 Å². The zero-order chi connectivity index (χ0) is 19.9. The number of aryl methyl sites for hydroxylation is 1. The molecule has 1 aliphatic rings. The molecule has 1 N–H and O–H groups in total. The molecule has 0 unspecified atom stereocenters. The van der Waals surface area contributed by atoms with Crippen molar-refractivity contribution in [2.75, 3.05) is 23.4 Å². The number of unbranched alkanes of at least 4 members (excludes halogenated alkanes) is 2. The summed E-state index contributed by atoms with van der Waals surface area (Å²) in [4.78, 5) is 26.3. The van der Waals surface area contributed by atoms with Gasteiger partial charge < -0.3 is 15.0 Å². The Morgan fingerprint density at radius 1 is 1.18 bits per heavy atom. The smallest absolute Gasteiger partial charge is 0.265 e. The minimum absolute atomic E-state index is 0.0497. The fraction of sp³-hybridized carbons (Fsp3) is 0.304. The molecule has 0 saturated carbocycles. The summed E-state index contributed by atoms with van der Waals surface area (Å²) in [5.74, 6) is 0.400. The van der Waals surface area contributed by atoms with Crippen LogP contribution in [0.15, 0.2) is 48.5 Å². The van der Waals surface area contributed by atoms with Crippen molar-refractivity contribution in [2.24, 2.45) is 0 Å². The van der Waals surface area contributed by atoms with Crippen LogP contribution in [0.25, 0.3) is 6.08 Å². The third-order valence-electron chi connectivity index (χ3n) is 4.66. The minimum Gasteiger partial charge on any atom is -0.482 e. The highest BCUT2D eigenvalue weighted by Crippen LogP contribution is 2.34. The van der Waals surface area contributed by atoms with Gasteiger partial charge in [0, 0.05) is 18.3 Å². The number of fused-ring (bicyclic) bond motifs is 1. The van der Waals surface area contributed by atoms with Crippen molar-refractivity contribution < 1.29 is 14.3 Å². The molecule has 5 heteroatoms. The molecule has 3 rings (SSSR count). The molecule has 0 radical (unpaired) electrons. The molecule has 146 valence electrons. The molecular formula is C23H26N2O3. The second-order valence-electron chi connectivity index (χ2n) is 6.96. The van der Waals surface area contributed by atoms with Crippen molar-refractivity contribution in [1.29, 1.82) is 0 Å². The number of amides is 2. The lowest BCUT2D eigenvalue weighted by atomic mass is 10.1. The van der Waals surface area contributed by atoms with Crippen LogP contribution in [0.2, 0.25) is 0 Å². The first-order chi connectivity index (χ1) is 13.6. The molecule has 2 aromatic carbocycles. The zero-order valence-corrected chi connectivity index (χ0v) is 16.4. The summed E-state index contributed by atoms with van der Waals surface area (Å²) in [6.45, 7) is 4.88. The van der Waals surface area contributed by atoms with Crippen LogP contribution in [0.5, 0.6) is 5.75 Å². The average Bonchev–Trinajstić information content (AvgIpc) is 2.69. The molecule has 5 nitrogen and oxygen atoms in total. The van der Waals surface area contributed by atoms with Crippen molar-refractivity contribution in [3.05, 3.63) is 59.7 Å². The number of anilines is 2. The van der Waals surface area contributed by atoms with E-state index in [0.29, 0.717) is 23.7 Å². The molecule has 0 fully saturated rings. The van der Waals surface area contributed by atoms with Gasteiger partial charge >= 0.3 is 0 Å². The predicted molar refractivity (Wildman–Crippen MR) is 113 cm³/mol. The first-order valence-electron chi connectivity index (χ1n) is 9.70. The molecule has 2 aromatic rings. The number of carbonyl (C=O) groups excluding carboxylic acids is 2. The molecule has 0 aliphatic carbocycles. The Balaban J connectivity index is 1.70. The van der Waals surface area contributed by atoms with Crippen molar-refractivity contribution in [3.63, 3.8) is 0 Å². The lowest BCUT2D eigenvalue weighted by Crippen LogP contribution is -2.39. The number of hydrogen-bond donors (Lipinski definition) is 1. The van der Waals surface area contributed by atoms with Crippen LogP contribution in [-0.2, 0) is 9.59 Å². The number of rotatable bonds is 7. The normalized spacial score (nSPS) is 13.4. The van der Waals surface area contributed by atoms with Gasteiger partial charge in [0.05, 0.1) is 5.69 Å². The number of carbonyl (C=O) groups is 2. The Bertz CT molecular complexity index is 872. The molecule has 0 aromatic heterocycles. The maximum atomic E-state index is 12.3. The number of ether oxygens (including phenoxy) is 1. The van der Waals surface area contributed by atoms with Crippen molar-refractivity contribution in [2.45, 2.75) is 33.1 Å². The summed E-state index contributed by atoms with van der Waals surface area (Å²) in [5, 5.41) is 2.86. The van der Waals surface area contributed by atoms with E-state index in [0.717, 1.165) is 24.8 Å². The maximum absolute atomic E-state index is 12.3. The van der Waals surface area contributed by atoms with Gasteiger partial charge in [-0.3, -0.25) is 9.59 Å². The highest BCUT2D eigenvalue weighted by atomic mass is 16.5. The summed E-state index contributed by atoms with van der Waals surface area (Å²) < 4.78 is 5.53. The predicted octanol–water partition coefficient (Wildman–Crippen LogP) is 4.56. The van der Waals surface area contributed by atoms with Gasteiger partial charge in [0.1, 0.15) is 5.75 Å². The molecule has 0 bridgehead atoms. The fourth-order valence-electron chi connectivity index (χ4n) is 3.08. The van der Waals surface area contributed by atoms with Gasteiger partial charge in [-0.1, -0.05) is 49.6 Å². The second-order valence-corrected chi connectivity index (χ2v) is 6.96. The third-order valence-corrected chi connectivity index (χ3v) is 4.66. The quantitative estimate of drug-likeness (QED) is 0.567. The third kappa shape index (κ3) is 5.00.